The number of hydrogen-bond donors (Lipinski definition) is 0. The summed E-state index contributed by atoms with van der Waals surface area (Å²) in [5.74, 6) is 0.753. The molecule has 0 N–H and O–H groups in total. The first-order chi connectivity index (χ1) is 10.3. The van der Waals surface area contributed by atoms with Gasteiger partial charge in [-0.3, -0.25) is 0 Å². The van der Waals surface area contributed by atoms with E-state index in [2.05, 4.69) is 6.07 Å². The summed E-state index contributed by atoms with van der Waals surface area (Å²) in [6.07, 6.45) is 0.0244. The number of nitriles is 1. The fraction of sp³-hybridized carbons (Fsp3) is 0.529. The Morgan fingerprint density at radius 2 is 2.18 bits per heavy atom. The number of fused-ring (bicyclic) bond motifs is 1. The smallest absolute Gasteiger partial charge is 0.410 e. The number of ether oxygens (including phenoxy) is 2. The van der Waals surface area contributed by atoms with Crippen molar-refractivity contribution in [3.8, 4) is 11.8 Å². The first-order valence-corrected chi connectivity index (χ1v) is 7.35. The maximum atomic E-state index is 12.3. The van der Waals surface area contributed by atoms with Crippen molar-refractivity contribution in [2.45, 2.75) is 45.3 Å². The number of benzene rings is 1. The standard InChI is InChI=1S/C17H22N2O3/c1-17(2,3)22-16(20)19-10-12-5-6-14(21-4)9-15(12)13(11-19)7-8-18/h5-6,9,13H,7,10-11H2,1-4H3. The zero-order valence-corrected chi connectivity index (χ0v) is 13.5. The monoisotopic (exact) mass is 302 g/mol. The SMILES string of the molecule is COc1ccc2c(c1)C(CC#N)CN(C(=O)OC(C)(C)C)C2. The predicted molar refractivity (Wildman–Crippen MR) is 82.6 cm³/mol. The van der Waals surface area contributed by atoms with Gasteiger partial charge in [0.2, 0.25) is 0 Å². The summed E-state index contributed by atoms with van der Waals surface area (Å²) in [7, 11) is 1.62. The molecule has 0 radical (unpaired) electrons. The van der Waals surface area contributed by atoms with Crippen LogP contribution in [0.3, 0.4) is 0 Å². The van der Waals surface area contributed by atoms with E-state index in [9.17, 15) is 4.79 Å². The van der Waals surface area contributed by atoms with Gasteiger partial charge in [-0.1, -0.05) is 6.07 Å². The summed E-state index contributed by atoms with van der Waals surface area (Å²) in [5.41, 5.74) is 1.60. The fourth-order valence-electron chi connectivity index (χ4n) is 2.61. The molecule has 0 spiro atoms. The Kier molecular flexibility index (Phi) is 4.60. The van der Waals surface area contributed by atoms with Crippen LogP contribution < -0.4 is 4.74 Å². The molecule has 0 aliphatic carbocycles. The van der Waals surface area contributed by atoms with Gasteiger partial charge in [0, 0.05) is 25.4 Å². The summed E-state index contributed by atoms with van der Waals surface area (Å²) < 4.78 is 10.7. The van der Waals surface area contributed by atoms with Gasteiger partial charge in [0.05, 0.1) is 13.2 Å². The normalized spacial score (nSPS) is 17.4. The van der Waals surface area contributed by atoms with Gasteiger partial charge in [0.25, 0.3) is 0 Å². The number of methoxy groups -OCH3 is 1. The van der Waals surface area contributed by atoms with Gasteiger partial charge in [-0.2, -0.15) is 5.26 Å². The number of nitrogens with zero attached hydrogens (tertiary/aromatic N) is 2. The van der Waals surface area contributed by atoms with Crippen molar-refractivity contribution in [1.29, 1.82) is 5.26 Å². The minimum absolute atomic E-state index is 0.0173. The third-order valence-electron chi connectivity index (χ3n) is 3.58. The van der Waals surface area contributed by atoms with Crippen LogP contribution in [0.2, 0.25) is 0 Å². The maximum Gasteiger partial charge on any atom is 0.410 e. The van der Waals surface area contributed by atoms with E-state index < -0.39 is 5.60 Å². The Balaban J connectivity index is 2.26. The summed E-state index contributed by atoms with van der Waals surface area (Å²) in [6.45, 7) is 6.53. The molecule has 1 atom stereocenters. The molecule has 1 heterocycles. The minimum Gasteiger partial charge on any atom is -0.497 e. The van der Waals surface area contributed by atoms with E-state index in [1.807, 2.05) is 39.0 Å². The van der Waals surface area contributed by atoms with E-state index in [0.29, 0.717) is 19.5 Å². The molecule has 0 saturated heterocycles. The number of carbonyl (C=O) groups excluding carboxylic acids is 1. The van der Waals surface area contributed by atoms with Gasteiger partial charge in [0.1, 0.15) is 11.4 Å². The molecule has 1 amide bonds. The molecule has 0 fully saturated rings. The highest BCUT2D eigenvalue weighted by molar-refractivity contribution is 5.69. The largest absolute Gasteiger partial charge is 0.497 e. The molecule has 1 unspecified atom stereocenters. The summed E-state index contributed by atoms with van der Waals surface area (Å²) >= 11 is 0. The Morgan fingerprint density at radius 1 is 1.45 bits per heavy atom. The zero-order valence-electron chi connectivity index (χ0n) is 13.5. The second kappa shape index (κ2) is 6.27. The van der Waals surface area contributed by atoms with E-state index in [0.717, 1.165) is 16.9 Å². The third kappa shape index (κ3) is 3.70. The third-order valence-corrected chi connectivity index (χ3v) is 3.58. The molecule has 5 heteroatoms. The van der Waals surface area contributed by atoms with Crippen LogP contribution in [0.25, 0.3) is 0 Å². The molecule has 0 saturated carbocycles. The van der Waals surface area contributed by atoms with E-state index >= 15 is 0 Å². The average molecular weight is 302 g/mol. The van der Waals surface area contributed by atoms with Crippen molar-refractivity contribution in [2.75, 3.05) is 13.7 Å². The molecule has 0 aromatic heterocycles. The lowest BCUT2D eigenvalue weighted by molar-refractivity contribution is 0.0206. The molecular weight excluding hydrogens is 280 g/mol. The fourth-order valence-corrected chi connectivity index (χ4v) is 2.61. The minimum atomic E-state index is -0.526. The van der Waals surface area contributed by atoms with Crippen molar-refractivity contribution in [2.24, 2.45) is 0 Å². The van der Waals surface area contributed by atoms with Crippen molar-refractivity contribution in [3.63, 3.8) is 0 Å². The van der Waals surface area contributed by atoms with Gasteiger partial charge in [0.15, 0.2) is 0 Å². The van der Waals surface area contributed by atoms with Crippen molar-refractivity contribution >= 4 is 6.09 Å². The molecule has 118 valence electrons. The van der Waals surface area contributed by atoms with Crippen LogP contribution >= 0.6 is 0 Å². The first-order valence-electron chi connectivity index (χ1n) is 7.35. The Hall–Kier alpha value is -2.22. The highest BCUT2D eigenvalue weighted by Gasteiger charge is 2.31. The van der Waals surface area contributed by atoms with E-state index in [1.165, 1.54) is 0 Å². The summed E-state index contributed by atoms with van der Waals surface area (Å²) in [6, 6.07) is 8.00. The maximum absolute atomic E-state index is 12.3. The lowest BCUT2D eigenvalue weighted by Gasteiger charge is -2.35. The van der Waals surface area contributed by atoms with Crippen molar-refractivity contribution in [3.05, 3.63) is 29.3 Å². The van der Waals surface area contributed by atoms with E-state index in [1.54, 1.807) is 12.0 Å². The number of amides is 1. The highest BCUT2D eigenvalue weighted by Crippen LogP contribution is 2.33. The summed E-state index contributed by atoms with van der Waals surface area (Å²) in [4.78, 5) is 14.0. The molecule has 1 aromatic rings. The predicted octanol–water partition coefficient (Wildman–Crippen LogP) is 3.44. The molecule has 2 rings (SSSR count). The lowest BCUT2D eigenvalue weighted by Crippen LogP contribution is -2.41. The van der Waals surface area contributed by atoms with Gasteiger partial charge >= 0.3 is 6.09 Å². The van der Waals surface area contributed by atoms with E-state index in [-0.39, 0.29) is 12.0 Å². The average Bonchev–Trinajstić information content (AvgIpc) is 2.45. The number of carbonyl (C=O) groups is 1. The van der Waals surface area contributed by atoms with Crippen LogP contribution in [-0.4, -0.2) is 30.2 Å². The first kappa shape index (κ1) is 16.2. The second-order valence-corrected chi connectivity index (χ2v) is 6.48. The number of hydrogen-bond acceptors (Lipinski definition) is 4. The molecule has 22 heavy (non-hydrogen) atoms. The van der Waals surface area contributed by atoms with Crippen LogP contribution in [0.5, 0.6) is 5.75 Å². The van der Waals surface area contributed by atoms with Gasteiger partial charge in [-0.15, -0.1) is 0 Å². The van der Waals surface area contributed by atoms with Crippen molar-refractivity contribution < 1.29 is 14.3 Å². The van der Waals surface area contributed by atoms with Gasteiger partial charge < -0.3 is 14.4 Å². The Morgan fingerprint density at radius 3 is 2.77 bits per heavy atom. The van der Waals surface area contributed by atoms with Crippen LogP contribution in [0, 0.1) is 11.3 Å². The Labute approximate surface area is 131 Å². The second-order valence-electron chi connectivity index (χ2n) is 6.48. The zero-order chi connectivity index (χ0) is 16.3. The molecule has 1 aliphatic heterocycles. The molecular formula is C17H22N2O3. The van der Waals surface area contributed by atoms with Crippen LogP contribution in [0.15, 0.2) is 18.2 Å². The molecule has 0 bridgehead atoms. The highest BCUT2D eigenvalue weighted by atomic mass is 16.6. The lowest BCUT2D eigenvalue weighted by atomic mass is 9.88. The van der Waals surface area contributed by atoms with Crippen LogP contribution in [0.1, 0.15) is 44.2 Å². The molecule has 1 aromatic carbocycles. The Bertz CT molecular complexity index is 599. The van der Waals surface area contributed by atoms with Crippen molar-refractivity contribution in [1.82, 2.24) is 4.90 Å². The van der Waals surface area contributed by atoms with Crippen LogP contribution in [0.4, 0.5) is 4.79 Å². The number of rotatable bonds is 2. The topological polar surface area (TPSA) is 62.6 Å². The van der Waals surface area contributed by atoms with Gasteiger partial charge in [-0.05, 0) is 44.0 Å². The van der Waals surface area contributed by atoms with E-state index in [4.69, 9.17) is 14.7 Å². The van der Waals surface area contributed by atoms with Crippen LogP contribution in [-0.2, 0) is 11.3 Å². The quantitative estimate of drug-likeness (QED) is 0.839. The molecule has 5 nitrogen and oxygen atoms in total. The molecule has 1 aliphatic rings. The van der Waals surface area contributed by atoms with Gasteiger partial charge in [-0.25, -0.2) is 4.79 Å². The summed E-state index contributed by atoms with van der Waals surface area (Å²) in [5, 5.41) is 9.07.